The lowest BCUT2D eigenvalue weighted by Gasteiger charge is -2.25. The fourth-order valence-electron chi connectivity index (χ4n) is 4.75. The van der Waals surface area contributed by atoms with Crippen LogP contribution in [0.25, 0.3) is 5.76 Å². The van der Waals surface area contributed by atoms with Crippen molar-refractivity contribution in [3.05, 3.63) is 125 Å². The molecule has 2 heterocycles. The molecule has 1 fully saturated rings. The van der Waals surface area contributed by atoms with Crippen LogP contribution < -0.4 is 9.64 Å². The number of hydrogen-bond donors (Lipinski definition) is 1. The molecule has 5 rings (SSSR count). The Hall–Kier alpha value is -4.78. The molecule has 1 saturated heterocycles. The molecule has 3 aromatic carbocycles. The summed E-state index contributed by atoms with van der Waals surface area (Å²) in [4.78, 5) is 29.9. The van der Waals surface area contributed by atoms with Crippen LogP contribution >= 0.6 is 0 Å². The summed E-state index contributed by atoms with van der Waals surface area (Å²) >= 11 is 0. The Labute approximate surface area is 227 Å². The van der Waals surface area contributed by atoms with Crippen LogP contribution in [0.15, 0.2) is 101 Å². The Balaban J connectivity index is 1.47. The molecule has 0 radical (unpaired) electrons. The van der Waals surface area contributed by atoms with Gasteiger partial charge in [-0.3, -0.25) is 9.59 Å². The number of ether oxygens (including phenoxy) is 1. The summed E-state index contributed by atoms with van der Waals surface area (Å²) in [5, 5.41) is 11.4. The summed E-state index contributed by atoms with van der Waals surface area (Å²) in [5.74, 6) is -0.487. The Kier molecular flexibility index (Phi) is 7.23. The first-order valence-electron chi connectivity index (χ1n) is 12.7. The van der Waals surface area contributed by atoms with Crippen molar-refractivity contribution in [2.45, 2.75) is 26.1 Å². The maximum atomic E-state index is 13.3. The van der Waals surface area contributed by atoms with Gasteiger partial charge in [0.05, 0.1) is 24.4 Å². The van der Waals surface area contributed by atoms with Gasteiger partial charge >= 0.3 is 0 Å². The van der Waals surface area contributed by atoms with Crippen molar-refractivity contribution in [1.82, 2.24) is 4.90 Å². The highest BCUT2D eigenvalue weighted by atomic mass is 16.5. The van der Waals surface area contributed by atoms with Gasteiger partial charge in [-0.1, -0.05) is 42.0 Å². The minimum atomic E-state index is -0.774. The molecule has 1 aliphatic heterocycles. The van der Waals surface area contributed by atoms with E-state index in [0.29, 0.717) is 29.2 Å². The van der Waals surface area contributed by atoms with Gasteiger partial charge in [0.15, 0.2) is 0 Å². The number of Topliss-reactive ketones (excluding diaryl/α,β-unsaturated/α-hetero) is 1. The van der Waals surface area contributed by atoms with E-state index in [1.807, 2.05) is 68.4 Å². The molecule has 1 N–H and O–H groups in total. The molecular formula is C32H30N2O5. The minimum absolute atomic E-state index is 0.0394. The average molecular weight is 523 g/mol. The third kappa shape index (κ3) is 5.43. The van der Waals surface area contributed by atoms with E-state index < -0.39 is 17.7 Å². The van der Waals surface area contributed by atoms with Crippen LogP contribution in [0.3, 0.4) is 0 Å². The van der Waals surface area contributed by atoms with Crippen molar-refractivity contribution in [3.8, 4) is 5.75 Å². The van der Waals surface area contributed by atoms with Gasteiger partial charge in [-0.05, 0) is 66.6 Å². The zero-order chi connectivity index (χ0) is 27.5. The number of furan rings is 1. The van der Waals surface area contributed by atoms with Gasteiger partial charge < -0.3 is 24.1 Å². The lowest BCUT2D eigenvalue weighted by Crippen LogP contribution is -2.29. The van der Waals surface area contributed by atoms with E-state index in [9.17, 15) is 14.7 Å². The molecule has 0 spiro atoms. The van der Waals surface area contributed by atoms with E-state index in [2.05, 4.69) is 6.07 Å². The maximum Gasteiger partial charge on any atom is 0.296 e. The smallest absolute Gasteiger partial charge is 0.296 e. The molecule has 1 amide bonds. The molecule has 1 atom stereocenters. The number of aryl methyl sites for hydroxylation is 1. The Morgan fingerprint density at radius 1 is 0.974 bits per heavy atom. The topological polar surface area (TPSA) is 83.2 Å². The number of anilines is 1. The third-order valence-electron chi connectivity index (χ3n) is 6.79. The molecule has 0 saturated carbocycles. The summed E-state index contributed by atoms with van der Waals surface area (Å²) in [6.07, 6.45) is 1.52. The van der Waals surface area contributed by atoms with Gasteiger partial charge in [0.1, 0.15) is 23.9 Å². The predicted octanol–water partition coefficient (Wildman–Crippen LogP) is 5.85. The second kappa shape index (κ2) is 10.9. The van der Waals surface area contributed by atoms with E-state index in [0.717, 1.165) is 16.8 Å². The number of nitrogens with zero attached hydrogens (tertiary/aromatic N) is 2. The number of hydrogen-bond acceptors (Lipinski definition) is 6. The molecule has 0 bridgehead atoms. The Bertz CT molecular complexity index is 1500. The normalized spacial score (nSPS) is 16.5. The molecule has 1 unspecified atom stereocenters. The van der Waals surface area contributed by atoms with E-state index in [1.54, 1.807) is 36.4 Å². The number of carbonyl (C=O) groups is 2. The zero-order valence-electron chi connectivity index (χ0n) is 22.1. The number of benzene rings is 3. The second-order valence-electron chi connectivity index (χ2n) is 9.79. The number of aliphatic hydroxyl groups excluding tert-OH is 1. The summed E-state index contributed by atoms with van der Waals surface area (Å²) in [7, 11) is 3.87. The maximum absolute atomic E-state index is 13.3. The minimum Gasteiger partial charge on any atom is -0.507 e. The van der Waals surface area contributed by atoms with E-state index >= 15 is 0 Å². The van der Waals surface area contributed by atoms with Crippen molar-refractivity contribution >= 4 is 23.1 Å². The number of aliphatic hydroxyl groups is 1. The first-order valence-corrected chi connectivity index (χ1v) is 12.7. The first kappa shape index (κ1) is 25.9. The van der Waals surface area contributed by atoms with Crippen LogP contribution in [0.1, 0.15) is 34.1 Å². The standard InChI is InChI=1S/C32H30N2O5/c1-21-6-4-7-22(18-21)20-39-26-15-11-24(12-16-26)30(35)28-29(23-9-13-25(14-10-23)33(2)3)34(32(37)31(28)36)19-27-8-5-17-38-27/h4-18,29,35H,19-20H2,1-3H3. The fourth-order valence-corrected chi connectivity index (χ4v) is 4.75. The number of carbonyl (C=O) groups excluding carboxylic acids is 2. The highest BCUT2D eigenvalue weighted by Crippen LogP contribution is 2.41. The van der Waals surface area contributed by atoms with Crippen LogP contribution in [-0.2, 0) is 22.7 Å². The Morgan fingerprint density at radius 3 is 2.36 bits per heavy atom. The van der Waals surface area contributed by atoms with Crippen molar-refractivity contribution in [3.63, 3.8) is 0 Å². The molecule has 1 aliphatic rings. The highest BCUT2D eigenvalue weighted by molar-refractivity contribution is 6.46. The van der Waals surface area contributed by atoms with Gasteiger partial charge in [-0.2, -0.15) is 0 Å². The second-order valence-corrected chi connectivity index (χ2v) is 9.79. The lowest BCUT2D eigenvalue weighted by atomic mass is 9.95. The predicted molar refractivity (Wildman–Crippen MR) is 149 cm³/mol. The molecule has 198 valence electrons. The van der Waals surface area contributed by atoms with E-state index in [4.69, 9.17) is 9.15 Å². The molecule has 0 aliphatic carbocycles. The largest absolute Gasteiger partial charge is 0.507 e. The quantitative estimate of drug-likeness (QED) is 0.177. The highest BCUT2D eigenvalue weighted by Gasteiger charge is 2.46. The van der Waals surface area contributed by atoms with Gasteiger partial charge in [0, 0.05) is 25.3 Å². The van der Waals surface area contributed by atoms with Crippen molar-refractivity contribution in [2.75, 3.05) is 19.0 Å². The number of likely N-dealkylation sites (tertiary alicyclic amines) is 1. The SMILES string of the molecule is Cc1cccc(COc2ccc(C(O)=C3C(=O)C(=O)N(Cc4ccco4)C3c3ccc(N(C)C)cc3)cc2)c1. The molecule has 7 nitrogen and oxygen atoms in total. The number of ketones is 1. The van der Waals surface area contributed by atoms with E-state index in [-0.39, 0.29) is 17.9 Å². The average Bonchev–Trinajstić information content (AvgIpc) is 3.54. The van der Waals surface area contributed by atoms with Gasteiger partial charge in [0.2, 0.25) is 0 Å². The summed E-state index contributed by atoms with van der Waals surface area (Å²) in [6.45, 7) is 2.54. The molecule has 4 aromatic rings. The number of amides is 1. The van der Waals surface area contributed by atoms with Gasteiger partial charge in [-0.15, -0.1) is 0 Å². The van der Waals surface area contributed by atoms with Crippen molar-refractivity contribution in [1.29, 1.82) is 0 Å². The summed E-state index contributed by atoms with van der Waals surface area (Å²) in [5.41, 5.74) is 4.36. The molecule has 39 heavy (non-hydrogen) atoms. The van der Waals surface area contributed by atoms with Crippen LogP contribution in [0.2, 0.25) is 0 Å². The third-order valence-corrected chi connectivity index (χ3v) is 6.79. The van der Waals surface area contributed by atoms with Crippen LogP contribution in [0, 0.1) is 6.92 Å². The first-order chi connectivity index (χ1) is 18.8. The monoisotopic (exact) mass is 522 g/mol. The lowest BCUT2D eigenvalue weighted by molar-refractivity contribution is -0.140. The van der Waals surface area contributed by atoms with E-state index in [1.165, 1.54) is 11.2 Å². The van der Waals surface area contributed by atoms with Crippen LogP contribution in [-0.4, -0.2) is 35.8 Å². The van der Waals surface area contributed by atoms with Crippen LogP contribution in [0.4, 0.5) is 5.69 Å². The zero-order valence-corrected chi connectivity index (χ0v) is 22.1. The number of rotatable bonds is 8. The van der Waals surface area contributed by atoms with Crippen LogP contribution in [0.5, 0.6) is 5.75 Å². The van der Waals surface area contributed by atoms with Gasteiger partial charge in [-0.25, -0.2) is 0 Å². The molecule has 7 heteroatoms. The Morgan fingerprint density at radius 2 is 1.72 bits per heavy atom. The van der Waals surface area contributed by atoms with Crippen molar-refractivity contribution in [2.24, 2.45) is 0 Å². The summed E-state index contributed by atoms with van der Waals surface area (Å²) < 4.78 is 11.4. The summed E-state index contributed by atoms with van der Waals surface area (Å²) in [6, 6.07) is 25.2. The molecular weight excluding hydrogens is 492 g/mol. The van der Waals surface area contributed by atoms with Gasteiger partial charge in [0.25, 0.3) is 11.7 Å². The van der Waals surface area contributed by atoms with Crippen molar-refractivity contribution < 1.29 is 23.8 Å². The molecule has 1 aromatic heterocycles. The fraction of sp³-hybridized carbons (Fsp3) is 0.188.